The topological polar surface area (TPSA) is 29.1 Å². The number of unbranched alkanes of at least 4 members (excludes halogenated alkanes) is 9. The van der Waals surface area contributed by atoms with Gasteiger partial charge in [-0.1, -0.05) is 82.4 Å². The molecule has 128 valence electrons. The molecule has 0 saturated heterocycles. The molecule has 0 aromatic heterocycles. The van der Waals surface area contributed by atoms with E-state index in [9.17, 15) is 4.79 Å². The lowest BCUT2D eigenvalue weighted by Gasteiger charge is -2.01. The molecule has 0 aromatic carbocycles. The number of hydrogen-bond acceptors (Lipinski definition) is 1. The van der Waals surface area contributed by atoms with Crippen molar-refractivity contribution >= 4 is 17.9 Å². The fourth-order valence-corrected chi connectivity index (χ4v) is 2.42. The van der Waals surface area contributed by atoms with Gasteiger partial charge in [0.2, 0.25) is 0 Å². The fourth-order valence-electron chi connectivity index (χ4n) is 2.31. The van der Waals surface area contributed by atoms with Gasteiger partial charge in [0.05, 0.1) is 0 Å². The first-order chi connectivity index (χ1) is 10.8. The molecule has 1 N–H and O–H groups in total. The molecule has 0 aliphatic carbocycles. The highest BCUT2D eigenvalue weighted by Crippen LogP contribution is 2.07. The molecule has 0 saturated carbocycles. The number of carbonyl (C=O) groups excluding carboxylic acids is 1. The maximum Gasteiger partial charge on any atom is 0.275 e. The van der Waals surface area contributed by atoms with Crippen molar-refractivity contribution in [3.63, 3.8) is 0 Å². The van der Waals surface area contributed by atoms with Crippen LogP contribution in [0.4, 0.5) is 4.79 Å². The molecule has 0 atom stereocenters. The second-order valence-electron chi connectivity index (χ2n) is 5.82. The number of thiol groups is 1. The van der Waals surface area contributed by atoms with Gasteiger partial charge >= 0.3 is 0 Å². The number of amides is 1. The van der Waals surface area contributed by atoms with Gasteiger partial charge in [-0.2, -0.15) is 0 Å². The Kier molecular flexibility index (Phi) is 17.8. The van der Waals surface area contributed by atoms with Gasteiger partial charge in [0.1, 0.15) is 0 Å². The van der Waals surface area contributed by atoms with Crippen LogP contribution in [0.2, 0.25) is 0 Å². The van der Waals surface area contributed by atoms with Crippen LogP contribution in [0.25, 0.3) is 0 Å². The van der Waals surface area contributed by atoms with Crippen molar-refractivity contribution in [2.75, 3.05) is 6.54 Å². The summed E-state index contributed by atoms with van der Waals surface area (Å²) in [5, 5.41) is 2.49. The highest BCUT2D eigenvalue weighted by molar-refractivity contribution is 7.96. The minimum Gasteiger partial charge on any atom is -0.347 e. The summed E-state index contributed by atoms with van der Waals surface area (Å²) in [6.45, 7) is 3.01. The first kappa shape index (κ1) is 21.3. The molecule has 1 amide bonds. The van der Waals surface area contributed by atoms with Crippen LogP contribution in [0.1, 0.15) is 84.0 Å². The van der Waals surface area contributed by atoms with Gasteiger partial charge in [0.15, 0.2) is 0 Å². The third-order valence-electron chi connectivity index (χ3n) is 3.65. The number of hydrogen-bond donors (Lipinski definition) is 2. The average Bonchev–Trinajstić information content (AvgIpc) is 2.50. The van der Waals surface area contributed by atoms with Crippen molar-refractivity contribution in [1.82, 2.24) is 5.32 Å². The standard InChI is InChI=1S/C19H35NOS/c1-2-3-4-5-6-7-8-9-10-11-12-13-14-15-16-17-18-20-19(21)22/h6-7,9-10H,2-5,8,11-18H2,1H3,(H2,20,21,22)/b7-6-,10-9-. The lowest BCUT2D eigenvalue weighted by atomic mass is 10.1. The van der Waals surface area contributed by atoms with Crippen molar-refractivity contribution in [2.45, 2.75) is 84.0 Å². The van der Waals surface area contributed by atoms with Gasteiger partial charge in [0, 0.05) is 6.54 Å². The Balaban J connectivity index is 3.15. The largest absolute Gasteiger partial charge is 0.347 e. The minimum atomic E-state index is -0.220. The van der Waals surface area contributed by atoms with Gasteiger partial charge in [-0.25, -0.2) is 0 Å². The van der Waals surface area contributed by atoms with E-state index in [1.54, 1.807) is 0 Å². The van der Waals surface area contributed by atoms with Crippen molar-refractivity contribution in [1.29, 1.82) is 0 Å². The Morgan fingerprint density at radius 3 is 1.95 bits per heavy atom. The zero-order chi connectivity index (χ0) is 16.3. The molecule has 0 fully saturated rings. The zero-order valence-corrected chi connectivity index (χ0v) is 15.3. The van der Waals surface area contributed by atoms with Gasteiger partial charge in [-0.15, -0.1) is 0 Å². The van der Waals surface area contributed by atoms with E-state index in [1.807, 2.05) is 0 Å². The van der Waals surface area contributed by atoms with E-state index in [1.165, 1.54) is 64.2 Å². The Morgan fingerprint density at radius 2 is 1.36 bits per heavy atom. The molecular weight excluding hydrogens is 290 g/mol. The molecule has 0 aliphatic rings. The first-order valence-electron chi connectivity index (χ1n) is 9.04. The van der Waals surface area contributed by atoms with E-state index in [-0.39, 0.29) is 5.24 Å². The third kappa shape index (κ3) is 19.3. The summed E-state index contributed by atoms with van der Waals surface area (Å²) in [6, 6.07) is 0. The molecule has 2 nitrogen and oxygen atoms in total. The molecular formula is C19H35NOS. The zero-order valence-electron chi connectivity index (χ0n) is 14.4. The number of rotatable bonds is 15. The Hall–Kier alpha value is -0.700. The van der Waals surface area contributed by atoms with Crippen molar-refractivity contribution < 1.29 is 4.79 Å². The van der Waals surface area contributed by atoms with Gasteiger partial charge in [-0.3, -0.25) is 4.79 Å². The Morgan fingerprint density at radius 1 is 0.818 bits per heavy atom. The van der Waals surface area contributed by atoms with Crippen LogP contribution in [0.15, 0.2) is 24.3 Å². The van der Waals surface area contributed by atoms with E-state index in [0.29, 0.717) is 0 Å². The number of nitrogens with one attached hydrogen (secondary N) is 1. The lowest BCUT2D eigenvalue weighted by Crippen LogP contribution is -2.17. The molecule has 0 spiro atoms. The number of allylic oxidation sites excluding steroid dienone is 4. The summed E-state index contributed by atoms with van der Waals surface area (Å²) in [5.74, 6) is 0. The van der Waals surface area contributed by atoms with Crippen LogP contribution in [0.5, 0.6) is 0 Å². The summed E-state index contributed by atoms with van der Waals surface area (Å²) < 4.78 is 0. The highest BCUT2D eigenvalue weighted by atomic mass is 32.1. The second-order valence-corrected chi connectivity index (χ2v) is 6.22. The first-order valence-corrected chi connectivity index (χ1v) is 9.49. The molecule has 0 rings (SSSR count). The van der Waals surface area contributed by atoms with Crippen molar-refractivity contribution in [2.24, 2.45) is 0 Å². The van der Waals surface area contributed by atoms with E-state index >= 15 is 0 Å². The van der Waals surface area contributed by atoms with E-state index in [4.69, 9.17) is 0 Å². The maximum atomic E-state index is 10.5. The van der Waals surface area contributed by atoms with E-state index in [0.717, 1.165) is 19.4 Å². The Bertz CT molecular complexity index is 300. The van der Waals surface area contributed by atoms with Crippen LogP contribution in [-0.4, -0.2) is 11.8 Å². The van der Waals surface area contributed by atoms with Crippen LogP contribution in [0, 0.1) is 0 Å². The van der Waals surface area contributed by atoms with Gasteiger partial charge < -0.3 is 5.32 Å². The van der Waals surface area contributed by atoms with E-state index in [2.05, 4.69) is 49.2 Å². The van der Waals surface area contributed by atoms with Gasteiger partial charge in [-0.05, 0) is 38.5 Å². The summed E-state index contributed by atoms with van der Waals surface area (Å²) in [5.41, 5.74) is 0. The molecule has 22 heavy (non-hydrogen) atoms. The highest BCUT2D eigenvalue weighted by Gasteiger charge is 1.93. The monoisotopic (exact) mass is 325 g/mol. The molecule has 0 aromatic rings. The predicted octanol–water partition coefficient (Wildman–Crippen LogP) is 6.44. The minimum absolute atomic E-state index is 0.220. The van der Waals surface area contributed by atoms with Crippen LogP contribution < -0.4 is 5.32 Å². The smallest absolute Gasteiger partial charge is 0.275 e. The van der Waals surface area contributed by atoms with Crippen LogP contribution in [0.3, 0.4) is 0 Å². The molecule has 0 unspecified atom stereocenters. The molecule has 0 aliphatic heterocycles. The molecule has 0 bridgehead atoms. The predicted molar refractivity (Wildman–Crippen MR) is 102 cm³/mol. The molecule has 3 heteroatoms. The van der Waals surface area contributed by atoms with Crippen LogP contribution in [-0.2, 0) is 0 Å². The molecule has 0 heterocycles. The van der Waals surface area contributed by atoms with Crippen molar-refractivity contribution in [3.8, 4) is 0 Å². The summed E-state index contributed by atoms with van der Waals surface area (Å²) in [7, 11) is 0. The van der Waals surface area contributed by atoms with Crippen LogP contribution >= 0.6 is 12.6 Å². The average molecular weight is 326 g/mol. The number of carbonyl (C=O) groups is 1. The second kappa shape index (κ2) is 18.3. The summed E-state index contributed by atoms with van der Waals surface area (Å²) in [6.07, 6.45) is 24.2. The normalized spacial score (nSPS) is 11.5. The summed E-state index contributed by atoms with van der Waals surface area (Å²) in [4.78, 5) is 10.5. The quantitative estimate of drug-likeness (QED) is 0.202. The fraction of sp³-hybridized carbons (Fsp3) is 0.737. The summed E-state index contributed by atoms with van der Waals surface area (Å²) >= 11 is 3.67. The Labute approximate surface area is 143 Å². The maximum absolute atomic E-state index is 10.5. The SMILES string of the molecule is CCCCC/C=C\C/C=C\CCCCCCCCNC(=O)S. The van der Waals surface area contributed by atoms with E-state index < -0.39 is 0 Å². The van der Waals surface area contributed by atoms with Gasteiger partial charge in [0.25, 0.3) is 5.24 Å². The third-order valence-corrected chi connectivity index (χ3v) is 3.81. The molecule has 0 radical (unpaired) electrons. The lowest BCUT2D eigenvalue weighted by molar-refractivity contribution is 0.261. The van der Waals surface area contributed by atoms with Crippen molar-refractivity contribution in [3.05, 3.63) is 24.3 Å².